The van der Waals surface area contributed by atoms with Gasteiger partial charge in [-0.1, -0.05) is 36.4 Å². The van der Waals surface area contributed by atoms with Gasteiger partial charge in [-0.3, -0.25) is 4.79 Å². The van der Waals surface area contributed by atoms with Crippen LogP contribution in [0.15, 0.2) is 60.8 Å². The zero-order valence-corrected chi connectivity index (χ0v) is 15.6. The van der Waals surface area contributed by atoms with Crippen LogP contribution in [0.4, 0.5) is 11.6 Å². The lowest BCUT2D eigenvalue weighted by Crippen LogP contribution is -2.27. The van der Waals surface area contributed by atoms with E-state index in [0.29, 0.717) is 23.9 Å². The predicted octanol–water partition coefficient (Wildman–Crippen LogP) is 3.81. The number of carbonyl (C=O) groups excluding carboxylic acids is 1. The van der Waals surface area contributed by atoms with Crippen LogP contribution in [0, 0.1) is 6.92 Å². The van der Waals surface area contributed by atoms with Crippen LogP contribution in [0.2, 0.25) is 0 Å². The molecule has 2 aromatic carbocycles. The van der Waals surface area contributed by atoms with E-state index in [0.717, 1.165) is 16.8 Å². The fourth-order valence-corrected chi connectivity index (χ4v) is 2.70. The average molecular weight is 362 g/mol. The third-order valence-corrected chi connectivity index (χ3v) is 4.09. The van der Waals surface area contributed by atoms with Gasteiger partial charge in [0.05, 0.1) is 12.8 Å². The molecule has 0 fully saturated rings. The van der Waals surface area contributed by atoms with E-state index in [4.69, 9.17) is 4.74 Å². The minimum atomic E-state index is -0.166. The third kappa shape index (κ3) is 4.61. The first-order chi connectivity index (χ1) is 13.1. The van der Waals surface area contributed by atoms with Crippen molar-refractivity contribution in [3.8, 4) is 5.75 Å². The molecular weight excluding hydrogens is 340 g/mol. The molecule has 0 aliphatic heterocycles. The highest BCUT2D eigenvalue weighted by molar-refractivity contribution is 5.92. The molecule has 27 heavy (non-hydrogen) atoms. The molecule has 1 N–H and O–H groups in total. The zero-order valence-electron chi connectivity index (χ0n) is 15.6. The summed E-state index contributed by atoms with van der Waals surface area (Å²) in [5, 5.41) is 3.13. The van der Waals surface area contributed by atoms with Crippen molar-refractivity contribution in [1.29, 1.82) is 0 Å². The molecule has 0 spiro atoms. The number of nitrogens with zero attached hydrogens (tertiary/aromatic N) is 3. The molecule has 0 atom stereocenters. The van der Waals surface area contributed by atoms with Crippen molar-refractivity contribution in [2.24, 2.45) is 0 Å². The highest BCUT2D eigenvalue weighted by atomic mass is 16.5. The number of aryl methyl sites for hydroxylation is 1. The molecular formula is C21H22N4O2. The molecule has 0 bridgehead atoms. The van der Waals surface area contributed by atoms with Gasteiger partial charge in [0.1, 0.15) is 11.4 Å². The Morgan fingerprint density at radius 3 is 2.67 bits per heavy atom. The van der Waals surface area contributed by atoms with Gasteiger partial charge in [0, 0.05) is 19.8 Å². The quantitative estimate of drug-likeness (QED) is 0.722. The molecule has 3 rings (SSSR count). The molecule has 0 unspecified atom stereocenters. The molecule has 0 aliphatic rings. The number of benzene rings is 2. The number of hydrogen-bond acceptors (Lipinski definition) is 5. The molecule has 0 aliphatic carbocycles. The van der Waals surface area contributed by atoms with Crippen molar-refractivity contribution >= 4 is 17.5 Å². The Bertz CT molecular complexity index is 928. The number of methoxy groups -OCH3 is 1. The lowest BCUT2D eigenvalue weighted by atomic mass is 10.2. The summed E-state index contributed by atoms with van der Waals surface area (Å²) in [6.07, 6.45) is 1.57. The van der Waals surface area contributed by atoms with Gasteiger partial charge in [-0.25, -0.2) is 9.97 Å². The van der Waals surface area contributed by atoms with E-state index >= 15 is 0 Å². The molecule has 1 aromatic heterocycles. The Balaban J connectivity index is 1.77. The van der Waals surface area contributed by atoms with Gasteiger partial charge < -0.3 is 15.0 Å². The van der Waals surface area contributed by atoms with Crippen LogP contribution in [-0.4, -0.2) is 34.9 Å². The Kier molecular flexibility index (Phi) is 5.66. The first kappa shape index (κ1) is 18.4. The molecule has 1 heterocycles. The third-order valence-electron chi connectivity index (χ3n) is 4.09. The van der Waals surface area contributed by atoms with E-state index in [9.17, 15) is 4.79 Å². The summed E-state index contributed by atoms with van der Waals surface area (Å²) < 4.78 is 5.36. The monoisotopic (exact) mass is 362 g/mol. The molecule has 138 valence electrons. The Labute approximate surface area is 158 Å². The average Bonchev–Trinajstić information content (AvgIpc) is 2.68. The van der Waals surface area contributed by atoms with Crippen LogP contribution in [0.1, 0.15) is 21.6 Å². The van der Waals surface area contributed by atoms with Crippen LogP contribution >= 0.6 is 0 Å². The summed E-state index contributed by atoms with van der Waals surface area (Å²) in [7, 11) is 3.36. The number of carbonyl (C=O) groups is 1. The number of rotatable bonds is 6. The predicted molar refractivity (Wildman–Crippen MR) is 105 cm³/mol. The number of nitrogens with one attached hydrogen (secondary N) is 1. The molecule has 3 aromatic rings. The second-order valence-corrected chi connectivity index (χ2v) is 6.24. The SMILES string of the molecule is COc1ccc(C)cc1Nc1nccc(C(=O)N(C)Cc2ccccc2)n1. The highest BCUT2D eigenvalue weighted by Crippen LogP contribution is 2.27. The number of ether oxygens (including phenoxy) is 1. The summed E-state index contributed by atoms with van der Waals surface area (Å²) in [6, 6.07) is 17.2. The topological polar surface area (TPSA) is 67.3 Å². The largest absolute Gasteiger partial charge is 0.495 e. The Hall–Kier alpha value is -3.41. The summed E-state index contributed by atoms with van der Waals surface area (Å²) >= 11 is 0. The molecule has 6 nitrogen and oxygen atoms in total. The molecule has 0 radical (unpaired) electrons. The second-order valence-electron chi connectivity index (χ2n) is 6.24. The number of aromatic nitrogens is 2. The van der Waals surface area contributed by atoms with Crippen molar-refractivity contribution in [3.63, 3.8) is 0 Å². The highest BCUT2D eigenvalue weighted by Gasteiger charge is 2.15. The Morgan fingerprint density at radius 1 is 1.15 bits per heavy atom. The van der Waals surface area contributed by atoms with Gasteiger partial charge in [-0.15, -0.1) is 0 Å². The summed E-state index contributed by atoms with van der Waals surface area (Å²) in [6.45, 7) is 2.50. The van der Waals surface area contributed by atoms with Crippen molar-refractivity contribution < 1.29 is 9.53 Å². The van der Waals surface area contributed by atoms with Crippen LogP contribution in [0.3, 0.4) is 0 Å². The minimum absolute atomic E-state index is 0.166. The van der Waals surface area contributed by atoms with E-state index in [2.05, 4.69) is 15.3 Å². The molecule has 0 saturated carbocycles. The first-order valence-corrected chi connectivity index (χ1v) is 8.61. The van der Waals surface area contributed by atoms with Crippen molar-refractivity contribution in [2.75, 3.05) is 19.5 Å². The smallest absolute Gasteiger partial charge is 0.272 e. The van der Waals surface area contributed by atoms with Gasteiger partial charge in [0.15, 0.2) is 0 Å². The Morgan fingerprint density at radius 2 is 1.93 bits per heavy atom. The van der Waals surface area contributed by atoms with E-state index in [1.807, 2.05) is 55.5 Å². The van der Waals surface area contributed by atoms with Crippen molar-refractivity contribution in [1.82, 2.24) is 14.9 Å². The summed E-state index contributed by atoms with van der Waals surface area (Å²) in [4.78, 5) is 22.9. The van der Waals surface area contributed by atoms with Crippen molar-refractivity contribution in [2.45, 2.75) is 13.5 Å². The maximum Gasteiger partial charge on any atom is 0.272 e. The molecule has 0 saturated heterocycles. The van der Waals surface area contributed by atoms with Crippen LogP contribution in [0.5, 0.6) is 5.75 Å². The molecule has 1 amide bonds. The number of amides is 1. The van der Waals surface area contributed by atoms with E-state index < -0.39 is 0 Å². The lowest BCUT2D eigenvalue weighted by molar-refractivity contribution is 0.0779. The summed E-state index contributed by atoms with van der Waals surface area (Å²) in [5.74, 6) is 0.862. The van der Waals surface area contributed by atoms with Gasteiger partial charge in [-0.05, 0) is 36.2 Å². The van der Waals surface area contributed by atoms with Gasteiger partial charge in [-0.2, -0.15) is 0 Å². The van der Waals surface area contributed by atoms with Gasteiger partial charge >= 0.3 is 0 Å². The van der Waals surface area contributed by atoms with E-state index in [1.165, 1.54) is 0 Å². The number of hydrogen-bond donors (Lipinski definition) is 1. The minimum Gasteiger partial charge on any atom is -0.495 e. The first-order valence-electron chi connectivity index (χ1n) is 8.61. The summed E-state index contributed by atoms with van der Waals surface area (Å²) in [5.41, 5.74) is 3.22. The lowest BCUT2D eigenvalue weighted by Gasteiger charge is -2.17. The maximum atomic E-state index is 12.7. The fourth-order valence-electron chi connectivity index (χ4n) is 2.70. The zero-order chi connectivity index (χ0) is 19.2. The van der Waals surface area contributed by atoms with E-state index in [1.54, 1.807) is 31.3 Å². The van der Waals surface area contributed by atoms with Crippen LogP contribution in [0.25, 0.3) is 0 Å². The van der Waals surface area contributed by atoms with Crippen LogP contribution < -0.4 is 10.1 Å². The van der Waals surface area contributed by atoms with E-state index in [-0.39, 0.29) is 5.91 Å². The van der Waals surface area contributed by atoms with Gasteiger partial charge in [0.2, 0.25) is 5.95 Å². The number of anilines is 2. The fraction of sp³-hybridized carbons (Fsp3) is 0.190. The van der Waals surface area contributed by atoms with Crippen molar-refractivity contribution in [3.05, 3.63) is 77.6 Å². The molecule has 6 heteroatoms. The second kappa shape index (κ2) is 8.31. The standard InChI is InChI=1S/C21H22N4O2/c1-15-9-10-19(27-3)18(13-15)24-21-22-12-11-17(23-21)20(26)25(2)14-16-7-5-4-6-8-16/h4-13H,14H2,1-3H3,(H,22,23,24). The maximum absolute atomic E-state index is 12.7. The van der Waals surface area contributed by atoms with Crippen LogP contribution in [-0.2, 0) is 6.54 Å². The normalized spacial score (nSPS) is 10.3. The van der Waals surface area contributed by atoms with Gasteiger partial charge in [0.25, 0.3) is 5.91 Å².